The number of esters is 1. The van der Waals surface area contributed by atoms with Gasteiger partial charge in [-0.15, -0.1) is 0 Å². The number of nitrogens with zero attached hydrogens (tertiary/aromatic N) is 1. The number of fused-ring (bicyclic) bond motifs is 2. The molecule has 21 heavy (non-hydrogen) atoms. The van der Waals surface area contributed by atoms with Crippen molar-refractivity contribution in [3.8, 4) is 0 Å². The normalized spacial score (nSPS) is 33.8. The Morgan fingerprint density at radius 2 is 1.90 bits per heavy atom. The Labute approximate surface area is 121 Å². The summed E-state index contributed by atoms with van der Waals surface area (Å²) in [6.45, 7) is 1.75. The minimum atomic E-state index is -1.29. The smallest absolute Gasteiger partial charge is 0.316 e. The molecule has 118 valence electrons. The van der Waals surface area contributed by atoms with Gasteiger partial charge in [0, 0.05) is 37.9 Å². The molecule has 2 rings (SSSR count). The average molecular weight is 301 g/mol. The van der Waals surface area contributed by atoms with Crippen molar-refractivity contribution in [2.75, 3.05) is 20.8 Å². The van der Waals surface area contributed by atoms with E-state index >= 15 is 0 Å². The number of hydrogen-bond donors (Lipinski definition) is 0. The van der Waals surface area contributed by atoms with E-state index in [4.69, 9.17) is 14.2 Å². The van der Waals surface area contributed by atoms with Crippen LogP contribution in [0.1, 0.15) is 19.8 Å². The van der Waals surface area contributed by atoms with E-state index in [-0.39, 0.29) is 25.2 Å². The van der Waals surface area contributed by atoms with E-state index in [1.807, 2.05) is 0 Å². The Morgan fingerprint density at radius 1 is 1.33 bits per heavy atom. The van der Waals surface area contributed by atoms with Gasteiger partial charge in [-0.2, -0.15) is 0 Å². The molecule has 0 aromatic heterocycles. The Hall–Kier alpha value is -1.54. The van der Waals surface area contributed by atoms with Crippen molar-refractivity contribution in [1.29, 1.82) is 0 Å². The molecule has 0 heterocycles. The zero-order valence-corrected chi connectivity index (χ0v) is 12.2. The minimum absolute atomic E-state index is 0.0198. The van der Waals surface area contributed by atoms with Crippen LogP contribution >= 0.6 is 0 Å². The zero-order valence-electron chi connectivity index (χ0n) is 12.2. The number of ether oxygens (including phenoxy) is 3. The van der Waals surface area contributed by atoms with E-state index < -0.39 is 40.5 Å². The van der Waals surface area contributed by atoms with Crippen molar-refractivity contribution in [2.24, 2.45) is 17.8 Å². The molecule has 0 unspecified atom stereocenters. The summed E-state index contributed by atoms with van der Waals surface area (Å²) in [5.41, 5.74) is 0. The summed E-state index contributed by atoms with van der Waals surface area (Å²) < 4.78 is 15.8. The molecule has 2 fully saturated rings. The lowest BCUT2D eigenvalue weighted by Crippen LogP contribution is -2.50. The number of rotatable bonds is 5. The SMILES string of the molecule is CCOC(=O)[C@@H]1[C@@H]([N+](=O)[O-])[C@@H]2CC(=O)C[C@H]1C2(OC)OC. The van der Waals surface area contributed by atoms with Crippen LogP contribution in [0.15, 0.2) is 0 Å². The van der Waals surface area contributed by atoms with Gasteiger partial charge in [-0.25, -0.2) is 0 Å². The summed E-state index contributed by atoms with van der Waals surface area (Å²) in [7, 11) is 2.76. The third-order valence-corrected chi connectivity index (χ3v) is 4.58. The lowest BCUT2D eigenvalue weighted by atomic mass is 9.80. The Morgan fingerprint density at radius 3 is 2.38 bits per heavy atom. The summed E-state index contributed by atoms with van der Waals surface area (Å²) in [5, 5.41) is 11.5. The molecular weight excluding hydrogens is 282 g/mol. The number of hydrogen-bond acceptors (Lipinski definition) is 7. The molecule has 2 aliphatic carbocycles. The second-order valence-corrected chi connectivity index (χ2v) is 5.34. The topological polar surface area (TPSA) is 105 Å². The second kappa shape index (κ2) is 5.69. The zero-order chi connectivity index (χ0) is 15.8. The van der Waals surface area contributed by atoms with Gasteiger partial charge >= 0.3 is 5.97 Å². The molecule has 0 aliphatic heterocycles. The van der Waals surface area contributed by atoms with E-state index in [1.54, 1.807) is 6.92 Å². The maximum absolute atomic E-state index is 12.2. The lowest BCUT2D eigenvalue weighted by Gasteiger charge is -2.39. The molecule has 8 heteroatoms. The van der Waals surface area contributed by atoms with Crippen LogP contribution in [0.25, 0.3) is 0 Å². The van der Waals surface area contributed by atoms with E-state index in [2.05, 4.69) is 0 Å². The van der Waals surface area contributed by atoms with Crippen LogP contribution in [0, 0.1) is 27.9 Å². The summed E-state index contributed by atoms with van der Waals surface area (Å²) in [6, 6.07) is -1.24. The number of carbonyl (C=O) groups is 2. The average Bonchev–Trinajstić information content (AvgIpc) is 2.58. The largest absolute Gasteiger partial charge is 0.466 e. The highest BCUT2D eigenvalue weighted by atomic mass is 16.7. The highest BCUT2D eigenvalue weighted by molar-refractivity contribution is 5.84. The van der Waals surface area contributed by atoms with Gasteiger partial charge in [-0.05, 0) is 6.92 Å². The van der Waals surface area contributed by atoms with Crippen molar-refractivity contribution in [2.45, 2.75) is 31.6 Å². The standard InChI is InChI=1S/C13H19NO7/c1-4-21-12(16)10-8-5-7(15)6-9(11(10)14(17)18)13(8,19-2)20-3/h8-11H,4-6H2,1-3H3/t8-,9+,10+,11+/m1/s1. The molecule has 0 aromatic carbocycles. The van der Waals surface area contributed by atoms with Gasteiger partial charge in [0.2, 0.25) is 6.04 Å². The van der Waals surface area contributed by atoms with Gasteiger partial charge in [0.1, 0.15) is 11.7 Å². The third-order valence-electron chi connectivity index (χ3n) is 4.58. The maximum atomic E-state index is 12.2. The Balaban J connectivity index is 2.50. The molecular formula is C13H19NO7. The second-order valence-electron chi connectivity index (χ2n) is 5.34. The van der Waals surface area contributed by atoms with E-state index in [0.717, 1.165) is 0 Å². The van der Waals surface area contributed by atoms with Crippen molar-refractivity contribution in [3.63, 3.8) is 0 Å². The van der Waals surface area contributed by atoms with Crippen LogP contribution in [-0.2, 0) is 23.8 Å². The van der Waals surface area contributed by atoms with Crippen molar-refractivity contribution >= 4 is 11.8 Å². The summed E-state index contributed by atoms with van der Waals surface area (Å²) >= 11 is 0. The van der Waals surface area contributed by atoms with Gasteiger partial charge < -0.3 is 14.2 Å². The monoisotopic (exact) mass is 301 g/mol. The fourth-order valence-electron chi connectivity index (χ4n) is 3.87. The van der Waals surface area contributed by atoms with Gasteiger partial charge in [0.05, 0.1) is 12.5 Å². The first kappa shape index (κ1) is 15.8. The molecule has 2 bridgehead atoms. The fraction of sp³-hybridized carbons (Fsp3) is 0.846. The van der Waals surface area contributed by atoms with Gasteiger partial charge in [0.25, 0.3) is 0 Å². The number of methoxy groups -OCH3 is 2. The molecule has 4 atom stereocenters. The van der Waals surface area contributed by atoms with E-state index in [1.165, 1.54) is 14.2 Å². The first-order valence-electron chi connectivity index (χ1n) is 6.85. The maximum Gasteiger partial charge on any atom is 0.316 e. The molecule has 2 saturated carbocycles. The van der Waals surface area contributed by atoms with Crippen molar-refractivity contribution < 1.29 is 28.7 Å². The Bertz CT molecular complexity index is 459. The predicted molar refractivity (Wildman–Crippen MR) is 68.9 cm³/mol. The molecule has 0 spiro atoms. The van der Waals surface area contributed by atoms with Crippen LogP contribution < -0.4 is 0 Å². The van der Waals surface area contributed by atoms with E-state index in [9.17, 15) is 19.7 Å². The Kier molecular flexibility index (Phi) is 4.29. The minimum Gasteiger partial charge on any atom is -0.466 e. The molecule has 0 amide bonds. The van der Waals surface area contributed by atoms with Crippen LogP contribution in [0.3, 0.4) is 0 Å². The highest BCUT2D eigenvalue weighted by Gasteiger charge is 2.72. The summed E-state index contributed by atoms with van der Waals surface area (Å²) in [6.07, 6.45) is -0.00820. The van der Waals surface area contributed by atoms with Gasteiger partial charge in [0.15, 0.2) is 5.79 Å². The molecule has 0 saturated heterocycles. The third kappa shape index (κ3) is 2.22. The highest BCUT2D eigenvalue weighted by Crippen LogP contribution is 2.55. The molecule has 8 nitrogen and oxygen atoms in total. The summed E-state index contributed by atoms with van der Waals surface area (Å²) in [5.74, 6) is -4.59. The van der Waals surface area contributed by atoms with Crippen molar-refractivity contribution in [3.05, 3.63) is 10.1 Å². The lowest BCUT2D eigenvalue weighted by molar-refractivity contribution is -0.538. The van der Waals surface area contributed by atoms with Gasteiger partial charge in [-0.1, -0.05) is 0 Å². The van der Waals surface area contributed by atoms with Crippen LogP contribution in [0.2, 0.25) is 0 Å². The van der Waals surface area contributed by atoms with Crippen LogP contribution in [-0.4, -0.2) is 49.3 Å². The number of nitro groups is 1. The number of carbonyl (C=O) groups excluding carboxylic acids is 2. The van der Waals surface area contributed by atoms with E-state index in [0.29, 0.717) is 0 Å². The van der Waals surface area contributed by atoms with Gasteiger partial charge in [-0.3, -0.25) is 19.7 Å². The molecule has 0 radical (unpaired) electrons. The number of ketones is 1. The fourth-order valence-corrected chi connectivity index (χ4v) is 3.87. The molecule has 0 N–H and O–H groups in total. The molecule has 0 aromatic rings. The number of Topliss-reactive ketones (excluding diaryl/α,β-unsaturated/α-hetero) is 1. The summed E-state index contributed by atoms with van der Waals surface area (Å²) in [4.78, 5) is 35.0. The quantitative estimate of drug-likeness (QED) is 0.313. The predicted octanol–water partition coefficient (Wildman–Crippen LogP) is 0.409. The first-order chi connectivity index (χ1) is 9.92. The first-order valence-corrected chi connectivity index (χ1v) is 6.85. The van der Waals surface area contributed by atoms with Crippen LogP contribution in [0.4, 0.5) is 0 Å². The van der Waals surface area contributed by atoms with Crippen LogP contribution in [0.5, 0.6) is 0 Å². The molecule has 2 aliphatic rings. The van der Waals surface area contributed by atoms with Crippen molar-refractivity contribution in [1.82, 2.24) is 0 Å².